The molecule has 0 aliphatic carbocycles. The minimum absolute atomic E-state index is 0.0575. The normalized spacial score (nSPS) is 11.2. The summed E-state index contributed by atoms with van der Waals surface area (Å²) in [5, 5.41) is 22.5. The smallest absolute Gasteiger partial charge is 0.265 e. The summed E-state index contributed by atoms with van der Waals surface area (Å²) >= 11 is 1.21. The first kappa shape index (κ1) is 22.2. The van der Waals surface area contributed by atoms with E-state index in [2.05, 4.69) is 47.7 Å². The number of nitriles is 1. The Morgan fingerprint density at radius 1 is 1.09 bits per heavy atom. The van der Waals surface area contributed by atoms with Crippen molar-refractivity contribution in [2.24, 2.45) is 0 Å². The van der Waals surface area contributed by atoms with Crippen LogP contribution in [0.5, 0.6) is 0 Å². The zero-order valence-electron chi connectivity index (χ0n) is 18.5. The molecule has 2 heterocycles. The largest absolute Gasteiger partial charge is 0.320 e. The van der Waals surface area contributed by atoms with E-state index in [0.29, 0.717) is 32.2 Å². The third kappa shape index (κ3) is 4.94. The number of benzene rings is 2. The summed E-state index contributed by atoms with van der Waals surface area (Å²) < 4.78 is 0. The number of hydrogen-bond donors (Lipinski definition) is 3. The Kier molecular flexibility index (Phi) is 5.99. The van der Waals surface area contributed by atoms with Crippen LogP contribution in [0.2, 0.25) is 0 Å². The van der Waals surface area contributed by atoms with E-state index in [1.807, 2.05) is 24.3 Å². The second kappa shape index (κ2) is 8.88. The van der Waals surface area contributed by atoms with E-state index in [1.54, 1.807) is 30.3 Å². The van der Waals surface area contributed by atoms with Crippen molar-refractivity contribution in [1.82, 2.24) is 10.2 Å². The summed E-state index contributed by atoms with van der Waals surface area (Å²) in [4.78, 5) is 26.3. The van der Waals surface area contributed by atoms with Crippen molar-refractivity contribution in [2.75, 3.05) is 10.6 Å². The molecule has 2 aromatic heterocycles. The number of para-hydroxylation sites is 1. The van der Waals surface area contributed by atoms with E-state index in [9.17, 15) is 14.9 Å². The molecule has 2 amide bonds. The Morgan fingerprint density at radius 2 is 1.82 bits per heavy atom. The maximum Gasteiger partial charge on any atom is 0.265 e. The van der Waals surface area contributed by atoms with E-state index >= 15 is 0 Å². The monoisotopic (exact) mass is 457 g/mol. The Bertz CT molecular complexity index is 1370. The second-order valence-electron chi connectivity index (χ2n) is 8.71. The number of fused-ring (bicyclic) bond motifs is 1. The summed E-state index contributed by atoms with van der Waals surface area (Å²) in [7, 11) is 0. The molecule has 0 saturated heterocycles. The molecular weight excluding hydrogens is 434 g/mol. The van der Waals surface area contributed by atoms with Crippen LogP contribution < -0.4 is 10.6 Å². The van der Waals surface area contributed by atoms with Crippen molar-refractivity contribution in [2.45, 2.75) is 32.6 Å². The highest BCUT2D eigenvalue weighted by Crippen LogP contribution is 2.30. The number of amides is 2. The van der Waals surface area contributed by atoms with Gasteiger partial charge in [-0.1, -0.05) is 57.2 Å². The third-order valence-corrected chi connectivity index (χ3v) is 6.25. The van der Waals surface area contributed by atoms with Gasteiger partial charge < -0.3 is 10.6 Å². The fourth-order valence-corrected chi connectivity index (χ4v) is 4.27. The number of anilines is 2. The minimum Gasteiger partial charge on any atom is -0.320 e. The number of hydrogen-bond acceptors (Lipinski definition) is 5. The first-order chi connectivity index (χ1) is 15.7. The molecular formula is C25H23N5O2S. The summed E-state index contributed by atoms with van der Waals surface area (Å²) in [5.41, 5.74) is 3.02. The fourth-order valence-electron chi connectivity index (χ4n) is 3.38. The lowest BCUT2D eigenvalue weighted by Gasteiger charge is -2.19. The predicted molar refractivity (Wildman–Crippen MR) is 131 cm³/mol. The van der Waals surface area contributed by atoms with Crippen LogP contribution in [0.3, 0.4) is 0 Å². The van der Waals surface area contributed by atoms with Crippen molar-refractivity contribution in [1.29, 1.82) is 5.26 Å². The highest BCUT2D eigenvalue weighted by atomic mass is 32.1. The number of nitrogens with one attached hydrogen (secondary N) is 3. The average molecular weight is 458 g/mol. The molecule has 7 nitrogen and oxygen atoms in total. The number of rotatable bonds is 5. The quantitative estimate of drug-likeness (QED) is 0.381. The van der Waals surface area contributed by atoms with E-state index in [1.165, 1.54) is 16.9 Å². The molecule has 3 N–H and O–H groups in total. The standard InChI is InChI=1S/C25H23N5O2S/c1-25(2,3)17-10-8-15(9-11-17)12-21(31)28-22-18-13-20(33-24(18)30-29-22)23(32)27-19-7-5-4-6-16(19)14-26/h4-11,13H,12H2,1-3H3,(H,27,32)(H2,28,29,30,31). The Balaban J connectivity index is 1.45. The molecule has 0 fully saturated rings. The van der Waals surface area contributed by atoms with Gasteiger partial charge in [0.05, 0.1) is 27.9 Å². The van der Waals surface area contributed by atoms with Crippen LogP contribution in [-0.2, 0) is 16.6 Å². The lowest BCUT2D eigenvalue weighted by Crippen LogP contribution is -2.15. The molecule has 166 valence electrons. The molecule has 0 atom stereocenters. The van der Waals surface area contributed by atoms with Crippen molar-refractivity contribution < 1.29 is 9.59 Å². The van der Waals surface area contributed by atoms with E-state index in [0.717, 1.165) is 5.56 Å². The summed E-state index contributed by atoms with van der Waals surface area (Å²) in [6, 6.07) is 18.6. The Morgan fingerprint density at radius 3 is 2.52 bits per heavy atom. The molecule has 0 saturated carbocycles. The van der Waals surface area contributed by atoms with Gasteiger partial charge in [-0.05, 0) is 34.7 Å². The van der Waals surface area contributed by atoms with Crippen LogP contribution in [0.4, 0.5) is 11.5 Å². The van der Waals surface area contributed by atoms with Gasteiger partial charge in [0.1, 0.15) is 16.7 Å². The van der Waals surface area contributed by atoms with Gasteiger partial charge in [0.15, 0.2) is 0 Å². The number of aromatic nitrogens is 2. The number of aromatic amines is 1. The highest BCUT2D eigenvalue weighted by Gasteiger charge is 2.18. The zero-order valence-corrected chi connectivity index (χ0v) is 19.3. The van der Waals surface area contributed by atoms with Crippen LogP contribution in [0, 0.1) is 11.3 Å². The SMILES string of the molecule is CC(C)(C)c1ccc(CC(=O)Nc2[nH]nc3sc(C(=O)Nc4ccccc4C#N)cc23)cc1. The molecule has 2 aromatic carbocycles. The van der Waals surface area contributed by atoms with Crippen LogP contribution in [0.25, 0.3) is 10.2 Å². The molecule has 0 spiro atoms. The summed E-state index contributed by atoms with van der Waals surface area (Å²) in [6.45, 7) is 6.45. The maximum absolute atomic E-state index is 12.7. The minimum atomic E-state index is -0.336. The second-order valence-corrected chi connectivity index (χ2v) is 9.74. The first-order valence-corrected chi connectivity index (χ1v) is 11.2. The van der Waals surface area contributed by atoms with Crippen molar-refractivity contribution >= 4 is 44.9 Å². The van der Waals surface area contributed by atoms with Gasteiger partial charge in [0.25, 0.3) is 5.91 Å². The molecule has 0 unspecified atom stereocenters. The number of nitrogens with zero attached hydrogens (tertiary/aromatic N) is 2. The van der Waals surface area contributed by atoms with Gasteiger partial charge in [-0.2, -0.15) is 10.4 Å². The summed E-state index contributed by atoms with van der Waals surface area (Å²) in [6.07, 6.45) is 0.230. The lowest BCUT2D eigenvalue weighted by atomic mass is 9.86. The molecule has 4 rings (SSSR count). The molecule has 8 heteroatoms. The number of carbonyl (C=O) groups excluding carboxylic acids is 2. The molecule has 0 radical (unpaired) electrons. The van der Waals surface area contributed by atoms with Crippen molar-refractivity contribution in [3.8, 4) is 6.07 Å². The molecule has 0 aliphatic rings. The van der Waals surface area contributed by atoms with E-state index in [4.69, 9.17) is 0 Å². The summed E-state index contributed by atoms with van der Waals surface area (Å²) in [5.74, 6) is -0.0600. The van der Waals surface area contributed by atoms with Gasteiger partial charge in [-0.3, -0.25) is 14.7 Å². The van der Waals surface area contributed by atoms with E-state index in [-0.39, 0.29) is 23.7 Å². The molecule has 4 aromatic rings. The molecule has 33 heavy (non-hydrogen) atoms. The van der Waals surface area contributed by atoms with Crippen LogP contribution >= 0.6 is 11.3 Å². The molecule has 0 aliphatic heterocycles. The Labute approximate surface area is 195 Å². The predicted octanol–water partition coefficient (Wildman–Crippen LogP) is 5.23. The van der Waals surface area contributed by atoms with Crippen molar-refractivity contribution in [3.63, 3.8) is 0 Å². The maximum atomic E-state index is 12.7. The van der Waals surface area contributed by atoms with Gasteiger partial charge >= 0.3 is 0 Å². The number of carbonyl (C=O) groups is 2. The van der Waals surface area contributed by atoms with Crippen molar-refractivity contribution in [3.05, 3.63) is 76.2 Å². The average Bonchev–Trinajstić information content (AvgIpc) is 3.36. The van der Waals surface area contributed by atoms with Crippen LogP contribution in [0.1, 0.15) is 47.1 Å². The topological polar surface area (TPSA) is 111 Å². The number of thiophene rings is 1. The van der Waals surface area contributed by atoms with Gasteiger partial charge in [-0.25, -0.2) is 0 Å². The van der Waals surface area contributed by atoms with Gasteiger partial charge in [0, 0.05) is 0 Å². The number of H-pyrrole nitrogens is 1. The zero-order chi connectivity index (χ0) is 23.6. The van der Waals surface area contributed by atoms with E-state index < -0.39 is 0 Å². The highest BCUT2D eigenvalue weighted by molar-refractivity contribution is 7.20. The third-order valence-electron chi connectivity index (χ3n) is 5.22. The Hall–Kier alpha value is -3.96. The van der Waals surface area contributed by atoms with Gasteiger partial charge in [-0.15, -0.1) is 11.3 Å². The van der Waals surface area contributed by atoms with Crippen LogP contribution in [-0.4, -0.2) is 22.0 Å². The lowest BCUT2D eigenvalue weighted by molar-refractivity contribution is -0.115. The molecule has 0 bridgehead atoms. The first-order valence-electron chi connectivity index (χ1n) is 10.4. The van der Waals surface area contributed by atoms with Crippen LogP contribution in [0.15, 0.2) is 54.6 Å². The fraction of sp³-hybridized carbons (Fsp3) is 0.200. The van der Waals surface area contributed by atoms with Gasteiger partial charge in [0.2, 0.25) is 5.91 Å².